The standard InChI is InChI=1S/C9H20N2O3S/c1-5-8(10)6-15(13,14)7(2)9(12)11(3)4/h7-8H,5-6,10H2,1-4H3. The first-order valence-electron chi connectivity index (χ1n) is 4.90. The highest BCUT2D eigenvalue weighted by molar-refractivity contribution is 7.92. The summed E-state index contributed by atoms with van der Waals surface area (Å²) in [6, 6.07) is -0.396. The second-order valence-electron chi connectivity index (χ2n) is 3.87. The van der Waals surface area contributed by atoms with Gasteiger partial charge in [0.15, 0.2) is 9.84 Å². The third-order valence-electron chi connectivity index (χ3n) is 2.30. The van der Waals surface area contributed by atoms with Crippen LogP contribution >= 0.6 is 0 Å². The molecular formula is C9H20N2O3S. The average molecular weight is 236 g/mol. The molecule has 0 radical (unpaired) electrons. The highest BCUT2D eigenvalue weighted by atomic mass is 32.2. The van der Waals surface area contributed by atoms with E-state index in [0.717, 1.165) is 0 Å². The molecule has 0 heterocycles. The lowest BCUT2D eigenvalue weighted by Crippen LogP contribution is -2.41. The molecule has 5 nitrogen and oxygen atoms in total. The number of carbonyl (C=O) groups is 1. The van der Waals surface area contributed by atoms with Crippen molar-refractivity contribution in [2.75, 3.05) is 19.8 Å². The quantitative estimate of drug-likeness (QED) is 0.705. The van der Waals surface area contributed by atoms with Gasteiger partial charge in [0.1, 0.15) is 5.25 Å². The fourth-order valence-corrected chi connectivity index (χ4v) is 2.72. The topological polar surface area (TPSA) is 80.5 Å². The van der Waals surface area contributed by atoms with Crippen molar-refractivity contribution in [3.8, 4) is 0 Å². The SMILES string of the molecule is CCC(N)CS(=O)(=O)C(C)C(=O)N(C)C. The number of hydrogen-bond acceptors (Lipinski definition) is 4. The zero-order valence-corrected chi connectivity index (χ0v) is 10.5. The molecule has 0 aliphatic heterocycles. The summed E-state index contributed by atoms with van der Waals surface area (Å²) in [6.45, 7) is 3.22. The number of amides is 1. The van der Waals surface area contributed by atoms with Crippen molar-refractivity contribution >= 4 is 15.7 Å². The molecule has 0 rings (SSSR count). The molecular weight excluding hydrogens is 216 g/mol. The van der Waals surface area contributed by atoms with Crippen LogP contribution in [0.25, 0.3) is 0 Å². The van der Waals surface area contributed by atoms with E-state index in [1.54, 1.807) is 0 Å². The third kappa shape index (κ3) is 4.17. The van der Waals surface area contributed by atoms with Crippen LogP contribution < -0.4 is 5.73 Å². The summed E-state index contributed by atoms with van der Waals surface area (Å²) in [5.41, 5.74) is 5.57. The van der Waals surface area contributed by atoms with Crippen LogP contribution in [-0.4, -0.2) is 50.4 Å². The number of nitrogens with zero attached hydrogens (tertiary/aromatic N) is 1. The number of carbonyl (C=O) groups excluding carboxylic acids is 1. The third-order valence-corrected chi connectivity index (χ3v) is 4.47. The molecule has 2 atom stereocenters. The van der Waals surface area contributed by atoms with Crippen molar-refractivity contribution in [3.05, 3.63) is 0 Å². The fourth-order valence-electron chi connectivity index (χ4n) is 1.08. The van der Waals surface area contributed by atoms with Gasteiger partial charge in [-0.1, -0.05) is 6.92 Å². The lowest BCUT2D eigenvalue weighted by atomic mass is 10.3. The van der Waals surface area contributed by atoms with E-state index in [2.05, 4.69) is 0 Å². The Morgan fingerprint density at radius 3 is 2.20 bits per heavy atom. The summed E-state index contributed by atoms with van der Waals surface area (Å²) in [5, 5.41) is -1.01. The molecule has 0 aliphatic rings. The van der Waals surface area contributed by atoms with Gasteiger partial charge in [0.05, 0.1) is 5.75 Å². The molecule has 6 heteroatoms. The Balaban J connectivity index is 4.67. The molecule has 90 valence electrons. The minimum absolute atomic E-state index is 0.135. The molecule has 0 saturated heterocycles. The van der Waals surface area contributed by atoms with Crippen LogP contribution in [0, 0.1) is 0 Å². The van der Waals surface area contributed by atoms with Crippen LogP contribution in [0.3, 0.4) is 0 Å². The molecule has 2 unspecified atom stereocenters. The van der Waals surface area contributed by atoms with Gasteiger partial charge in [0, 0.05) is 20.1 Å². The first-order valence-corrected chi connectivity index (χ1v) is 6.62. The molecule has 0 aromatic heterocycles. The molecule has 0 bridgehead atoms. The van der Waals surface area contributed by atoms with Crippen LogP contribution in [0.15, 0.2) is 0 Å². The lowest BCUT2D eigenvalue weighted by Gasteiger charge is -2.18. The van der Waals surface area contributed by atoms with Gasteiger partial charge >= 0.3 is 0 Å². The van der Waals surface area contributed by atoms with Crippen molar-refractivity contribution in [2.45, 2.75) is 31.6 Å². The van der Waals surface area contributed by atoms with Gasteiger partial charge in [0.2, 0.25) is 5.91 Å². The van der Waals surface area contributed by atoms with Crippen LogP contribution in [0.1, 0.15) is 20.3 Å². The second-order valence-corrected chi connectivity index (χ2v) is 6.24. The maximum absolute atomic E-state index is 11.7. The number of rotatable bonds is 5. The molecule has 15 heavy (non-hydrogen) atoms. The molecule has 0 fully saturated rings. The molecule has 0 aromatic carbocycles. The summed E-state index contributed by atoms with van der Waals surface area (Å²) in [6.07, 6.45) is 0.585. The van der Waals surface area contributed by atoms with Gasteiger partial charge in [-0.25, -0.2) is 8.42 Å². The smallest absolute Gasteiger partial charge is 0.240 e. The van der Waals surface area contributed by atoms with Gasteiger partial charge in [-0.05, 0) is 13.3 Å². The summed E-state index contributed by atoms with van der Waals surface area (Å²) < 4.78 is 23.4. The zero-order chi connectivity index (χ0) is 12.2. The minimum Gasteiger partial charge on any atom is -0.348 e. The number of sulfone groups is 1. The molecule has 2 N–H and O–H groups in total. The van der Waals surface area contributed by atoms with Crippen LogP contribution in [0.2, 0.25) is 0 Å². The molecule has 0 aliphatic carbocycles. The minimum atomic E-state index is -3.43. The maximum Gasteiger partial charge on any atom is 0.240 e. The first-order chi connectivity index (χ1) is 6.72. The Hall–Kier alpha value is -0.620. The van der Waals surface area contributed by atoms with Crippen LogP contribution in [0.5, 0.6) is 0 Å². The van der Waals surface area contributed by atoms with E-state index in [0.29, 0.717) is 6.42 Å². The van der Waals surface area contributed by atoms with Crippen molar-refractivity contribution < 1.29 is 13.2 Å². The first kappa shape index (κ1) is 14.4. The molecule has 0 aromatic rings. The lowest BCUT2D eigenvalue weighted by molar-refractivity contribution is -0.127. The molecule has 0 saturated carbocycles. The van der Waals surface area contributed by atoms with Gasteiger partial charge in [-0.15, -0.1) is 0 Å². The normalized spacial score (nSPS) is 15.8. The Kier molecular flexibility index (Phi) is 5.23. The van der Waals surface area contributed by atoms with Crippen LogP contribution in [-0.2, 0) is 14.6 Å². The second kappa shape index (κ2) is 5.46. The number of hydrogen-bond donors (Lipinski definition) is 1. The predicted molar refractivity (Wildman–Crippen MR) is 60.2 cm³/mol. The largest absolute Gasteiger partial charge is 0.348 e. The predicted octanol–water partition coefficient (Wildman–Crippen LogP) is -0.385. The fraction of sp³-hybridized carbons (Fsp3) is 0.889. The highest BCUT2D eigenvalue weighted by Crippen LogP contribution is 2.07. The van der Waals surface area contributed by atoms with Gasteiger partial charge in [0.25, 0.3) is 0 Å². The van der Waals surface area contributed by atoms with Gasteiger partial charge < -0.3 is 10.6 Å². The van der Waals surface area contributed by atoms with Crippen molar-refractivity contribution in [3.63, 3.8) is 0 Å². The number of nitrogens with two attached hydrogens (primary N) is 1. The van der Waals surface area contributed by atoms with Crippen molar-refractivity contribution in [1.82, 2.24) is 4.90 Å². The van der Waals surface area contributed by atoms with E-state index >= 15 is 0 Å². The average Bonchev–Trinajstić information content (AvgIpc) is 2.14. The highest BCUT2D eigenvalue weighted by Gasteiger charge is 2.30. The van der Waals surface area contributed by atoms with E-state index in [9.17, 15) is 13.2 Å². The Morgan fingerprint density at radius 2 is 1.87 bits per heavy atom. The summed E-state index contributed by atoms with van der Waals surface area (Å²) >= 11 is 0. The Morgan fingerprint density at radius 1 is 1.40 bits per heavy atom. The van der Waals surface area contributed by atoms with Crippen molar-refractivity contribution in [2.24, 2.45) is 5.73 Å². The van der Waals surface area contributed by atoms with E-state index in [-0.39, 0.29) is 5.75 Å². The molecule has 0 spiro atoms. The molecule has 1 amide bonds. The Bertz CT molecular complexity index is 311. The van der Waals surface area contributed by atoms with E-state index in [4.69, 9.17) is 5.73 Å². The van der Waals surface area contributed by atoms with E-state index in [1.807, 2.05) is 6.92 Å². The summed E-state index contributed by atoms with van der Waals surface area (Å²) in [7, 11) is -0.360. The maximum atomic E-state index is 11.7. The zero-order valence-electron chi connectivity index (χ0n) is 9.73. The van der Waals surface area contributed by atoms with Gasteiger partial charge in [-0.2, -0.15) is 0 Å². The van der Waals surface area contributed by atoms with Crippen LogP contribution in [0.4, 0.5) is 0 Å². The Labute approximate surface area is 91.5 Å². The summed E-state index contributed by atoms with van der Waals surface area (Å²) in [4.78, 5) is 12.7. The summed E-state index contributed by atoms with van der Waals surface area (Å²) in [5.74, 6) is -0.539. The van der Waals surface area contributed by atoms with Gasteiger partial charge in [-0.3, -0.25) is 4.79 Å². The van der Waals surface area contributed by atoms with Crippen molar-refractivity contribution in [1.29, 1.82) is 0 Å². The van der Waals surface area contributed by atoms with E-state index in [1.165, 1.54) is 25.9 Å². The monoisotopic (exact) mass is 236 g/mol. The van der Waals surface area contributed by atoms with E-state index < -0.39 is 27.0 Å².